The van der Waals surface area contributed by atoms with Crippen molar-refractivity contribution in [3.8, 4) is 0 Å². The third-order valence-electron chi connectivity index (χ3n) is 4.03. The topological polar surface area (TPSA) is 82.6 Å². The lowest BCUT2D eigenvalue weighted by Crippen LogP contribution is -2.42. The van der Waals surface area contributed by atoms with Crippen LogP contribution in [0.2, 0.25) is 0 Å². The third kappa shape index (κ3) is 6.12. The van der Waals surface area contributed by atoms with Gasteiger partial charge in [0.15, 0.2) is 5.96 Å². The first-order valence-electron chi connectivity index (χ1n) is 7.98. The van der Waals surface area contributed by atoms with Crippen LogP contribution in [0.4, 0.5) is 0 Å². The van der Waals surface area contributed by atoms with Gasteiger partial charge in [0.25, 0.3) is 0 Å². The van der Waals surface area contributed by atoms with E-state index in [1.807, 2.05) is 11.4 Å². The van der Waals surface area contributed by atoms with E-state index in [0.717, 1.165) is 12.8 Å². The first kappa shape index (κ1) is 18.2. The van der Waals surface area contributed by atoms with Gasteiger partial charge in [-0.1, -0.05) is 12.5 Å². The molecule has 1 aliphatic carbocycles. The van der Waals surface area contributed by atoms with Gasteiger partial charge in [0.2, 0.25) is 10.0 Å². The molecule has 130 valence electrons. The molecule has 1 unspecified atom stereocenters. The van der Waals surface area contributed by atoms with Crippen LogP contribution in [0.15, 0.2) is 22.5 Å². The number of guanidine groups is 1. The first-order valence-corrected chi connectivity index (χ1v) is 10.5. The van der Waals surface area contributed by atoms with Crippen molar-refractivity contribution in [1.82, 2.24) is 15.4 Å². The number of hydrogen-bond acceptors (Lipinski definition) is 4. The zero-order valence-corrected chi connectivity index (χ0v) is 15.3. The molecule has 3 N–H and O–H groups in total. The zero-order chi connectivity index (χ0) is 16.7. The van der Waals surface area contributed by atoms with E-state index in [1.165, 1.54) is 11.3 Å². The summed E-state index contributed by atoms with van der Waals surface area (Å²) in [6, 6.07) is 4.20. The van der Waals surface area contributed by atoms with Crippen LogP contribution in [0.25, 0.3) is 0 Å². The van der Waals surface area contributed by atoms with Gasteiger partial charge in [0.05, 0.1) is 11.8 Å². The lowest BCUT2D eigenvalue weighted by Gasteiger charge is -2.25. The second-order valence-corrected chi connectivity index (χ2v) is 8.75. The van der Waals surface area contributed by atoms with E-state index in [1.54, 1.807) is 18.4 Å². The highest BCUT2D eigenvalue weighted by Gasteiger charge is 2.20. The molecule has 1 fully saturated rings. The molecule has 0 amide bonds. The average molecular weight is 359 g/mol. The molecule has 1 aliphatic rings. The lowest BCUT2D eigenvalue weighted by molar-refractivity contribution is 0.316. The molecule has 2 rings (SSSR count). The maximum absolute atomic E-state index is 11.9. The van der Waals surface area contributed by atoms with Crippen molar-refractivity contribution < 1.29 is 8.42 Å². The number of thiophene rings is 1. The van der Waals surface area contributed by atoms with Crippen molar-refractivity contribution in [2.75, 3.05) is 25.9 Å². The molecule has 0 radical (unpaired) electrons. The van der Waals surface area contributed by atoms with Crippen molar-refractivity contribution in [3.63, 3.8) is 0 Å². The highest BCUT2D eigenvalue weighted by Crippen LogP contribution is 2.25. The molecule has 0 bridgehead atoms. The van der Waals surface area contributed by atoms with Crippen LogP contribution < -0.4 is 15.4 Å². The summed E-state index contributed by atoms with van der Waals surface area (Å²) in [7, 11) is -1.54. The Morgan fingerprint density at radius 3 is 2.83 bits per heavy atom. The minimum Gasteiger partial charge on any atom is -0.355 e. The molecule has 0 aromatic carbocycles. The van der Waals surface area contributed by atoms with Gasteiger partial charge in [-0.3, -0.25) is 4.99 Å². The minimum atomic E-state index is -3.22. The quantitative estimate of drug-likeness (QED) is 0.488. The fourth-order valence-corrected chi connectivity index (χ4v) is 4.07. The average Bonchev–Trinajstić information content (AvgIpc) is 2.98. The largest absolute Gasteiger partial charge is 0.355 e. The van der Waals surface area contributed by atoms with Gasteiger partial charge in [-0.25, -0.2) is 13.1 Å². The fourth-order valence-electron chi connectivity index (χ4n) is 2.33. The number of aliphatic imine (C=N–C) groups is 1. The fraction of sp³-hybridized carbons (Fsp3) is 0.667. The molecule has 6 nitrogen and oxygen atoms in total. The van der Waals surface area contributed by atoms with Crippen molar-refractivity contribution in [1.29, 1.82) is 0 Å². The Bertz CT molecular complexity index is 595. The molecule has 0 saturated heterocycles. The highest BCUT2D eigenvalue weighted by atomic mass is 32.2. The number of hydrogen-bond donors (Lipinski definition) is 3. The standard InChI is InChI=1S/C15H26N4O2S2/c1-12(14-7-4-9-22-14)19-15(16-2)17-8-10-23(20,21)18-11-13-5-3-6-13/h4,7,9,12-13,18H,3,5-6,8,10-11H2,1-2H3,(H2,16,17,19). The maximum Gasteiger partial charge on any atom is 0.213 e. The van der Waals surface area contributed by atoms with Crippen molar-refractivity contribution in [2.45, 2.75) is 32.2 Å². The smallest absolute Gasteiger partial charge is 0.213 e. The molecule has 1 aromatic rings. The summed E-state index contributed by atoms with van der Waals surface area (Å²) in [5, 5.41) is 8.35. The molecule has 8 heteroatoms. The summed E-state index contributed by atoms with van der Waals surface area (Å²) in [6.45, 7) is 2.96. The van der Waals surface area contributed by atoms with Gasteiger partial charge in [0, 0.05) is 25.0 Å². The Hall–Kier alpha value is -1.12. The Morgan fingerprint density at radius 2 is 2.26 bits per heavy atom. The van der Waals surface area contributed by atoms with Crippen molar-refractivity contribution in [3.05, 3.63) is 22.4 Å². The van der Waals surface area contributed by atoms with Crippen LogP contribution in [0, 0.1) is 5.92 Å². The summed E-state index contributed by atoms with van der Waals surface area (Å²) < 4.78 is 26.6. The Balaban J connectivity index is 1.70. The van der Waals surface area contributed by atoms with E-state index in [4.69, 9.17) is 0 Å². The zero-order valence-electron chi connectivity index (χ0n) is 13.7. The normalized spacial score (nSPS) is 17.6. The second-order valence-electron chi connectivity index (χ2n) is 5.84. The number of nitrogens with zero attached hydrogens (tertiary/aromatic N) is 1. The predicted molar refractivity (Wildman–Crippen MR) is 96.4 cm³/mol. The lowest BCUT2D eigenvalue weighted by atomic mass is 9.86. The second kappa shape index (κ2) is 8.65. The molecule has 1 atom stereocenters. The van der Waals surface area contributed by atoms with E-state index in [0.29, 0.717) is 25.0 Å². The van der Waals surface area contributed by atoms with Crippen LogP contribution in [-0.4, -0.2) is 40.3 Å². The monoisotopic (exact) mass is 358 g/mol. The van der Waals surface area contributed by atoms with Crippen LogP contribution in [0.5, 0.6) is 0 Å². The summed E-state index contributed by atoms with van der Waals surface area (Å²) in [4.78, 5) is 5.35. The summed E-state index contributed by atoms with van der Waals surface area (Å²) in [5.74, 6) is 1.19. The van der Waals surface area contributed by atoms with Crippen molar-refractivity contribution in [2.24, 2.45) is 10.9 Å². The molecule has 0 aliphatic heterocycles. The van der Waals surface area contributed by atoms with Crippen LogP contribution in [0.3, 0.4) is 0 Å². The number of rotatable bonds is 8. The van der Waals surface area contributed by atoms with Gasteiger partial charge < -0.3 is 10.6 Å². The van der Waals surface area contributed by atoms with Gasteiger partial charge in [-0.05, 0) is 37.1 Å². The van der Waals surface area contributed by atoms with Gasteiger partial charge in [-0.2, -0.15) is 0 Å². The summed E-state index contributed by atoms with van der Waals surface area (Å²) in [6.07, 6.45) is 3.49. The predicted octanol–water partition coefficient (Wildman–Crippen LogP) is 1.69. The Morgan fingerprint density at radius 1 is 1.48 bits per heavy atom. The van der Waals surface area contributed by atoms with Crippen LogP contribution in [0.1, 0.15) is 37.1 Å². The molecule has 1 saturated carbocycles. The third-order valence-corrected chi connectivity index (χ3v) is 6.43. The highest BCUT2D eigenvalue weighted by molar-refractivity contribution is 7.89. The minimum absolute atomic E-state index is 0.0494. The number of sulfonamides is 1. The molecular formula is C15H26N4O2S2. The van der Waals surface area contributed by atoms with E-state index in [9.17, 15) is 8.42 Å². The molecular weight excluding hydrogens is 332 g/mol. The van der Waals surface area contributed by atoms with E-state index >= 15 is 0 Å². The molecule has 1 heterocycles. The van der Waals surface area contributed by atoms with Crippen molar-refractivity contribution >= 4 is 27.3 Å². The molecule has 1 aromatic heterocycles. The Kier molecular flexibility index (Phi) is 6.86. The summed E-state index contributed by atoms with van der Waals surface area (Å²) in [5.41, 5.74) is 0. The molecule has 0 spiro atoms. The van der Waals surface area contributed by atoms with Crippen LogP contribution >= 0.6 is 11.3 Å². The number of nitrogens with one attached hydrogen (secondary N) is 3. The van der Waals surface area contributed by atoms with E-state index in [2.05, 4.69) is 33.3 Å². The Labute approximate surface area is 142 Å². The molecule has 23 heavy (non-hydrogen) atoms. The summed E-state index contributed by atoms with van der Waals surface area (Å²) >= 11 is 1.68. The SMILES string of the molecule is CN=C(NCCS(=O)(=O)NCC1CCC1)NC(C)c1cccs1. The maximum atomic E-state index is 11.9. The van der Waals surface area contributed by atoms with Crippen LogP contribution in [-0.2, 0) is 10.0 Å². The van der Waals surface area contributed by atoms with E-state index in [-0.39, 0.29) is 11.8 Å². The van der Waals surface area contributed by atoms with Gasteiger partial charge in [0.1, 0.15) is 0 Å². The van der Waals surface area contributed by atoms with E-state index < -0.39 is 10.0 Å². The first-order chi connectivity index (χ1) is 11.0. The van der Waals surface area contributed by atoms with Gasteiger partial charge >= 0.3 is 0 Å². The van der Waals surface area contributed by atoms with Gasteiger partial charge in [-0.15, -0.1) is 11.3 Å².